The summed E-state index contributed by atoms with van der Waals surface area (Å²) in [5, 5.41) is 3.41. The Balaban J connectivity index is 2.00. The van der Waals surface area contributed by atoms with Gasteiger partial charge in [-0.25, -0.2) is 4.98 Å². The highest BCUT2D eigenvalue weighted by Crippen LogP contribution is 2.19. The second kappa shape index (κ2) is 4.70. The fraction of sp³-hybridized carbons (Fsp3) is 0.583. The largest absolute Gasteiger partial charge is 0.398 e. The molecule has 2 unspecified atom stereocenters. The van der Waals surface area contributed by atoms with Crippen LogP contribution in [-0.4, -0.2) is 23.7 Å². The van der Waals surface area contributed by atoms with Crippen molar-refractivity contribution in [1.82, 2.24) is 4.98 Å². The zero-order valence-corrected chi connectivity index (χ0v) is 9.86. The summed E-state index contributed by atoms with van der Waals surface area (Å²) >= 11 is 0. The molecule has 2 atom stereocenters. The normalized spacial score (nSPS) is 25.4. The van der Waals surface area contributed by atoms with Gasteiger partial charge in [0, 0.05) is 30.6 Å². The van der Waals surface area contributed by atoms with E-state index in [1.165, 1.54) is 0 Å². The van der Waals surface area contributed by atoms with Gasteiger partial charge in [0.15, 0.2) is 0 Å². The summed E-state index contributed by atoms with van der Waals surface area (Å²) in [6, 6.07) is 2.34. The Hall–Kier alpha value is -1.29. The molecule has 1 fully saturated rings. The Morgan fingerprint density at radius 1 is 1.56 bits per heavy atom. The highest BCUT2D eigenvalue weighted by Gasteiger charge is 2.19. The molecular formula is C12H19N3O. The molecule has 0 bridgehead atoms. The first kappa shape index (κ1) is 11.2. The summed E-state index contributed by atoms with van der Waals surface area (Å²) < 4.78 is 5.50. The van der Waals surface area contributed by atoms with Crippen LogP contribution in [0.15, 0.2) is 12.3 Å². The van der Waals surface area contributed by atoms with Gasteiger partial charge in [0.05, 0.1) is 6.10 Å². The zero-order valence-electron chi connectivity index (χ0n) is 9.86. The second-order valence-electron chi connectivity index (χ2n) is 4.47. The summed E-state index contributed by atoms with van der Waals surface area (Å²) in [7, 11) is 0. The number of nitrogens with zero attached hydrogens (tertiary/aromatic N) is 1. The van der Waals surface area contributed by atoms with E-state index < -0.39 is 0 Å². The summed E-state index contributed by atoms with van der Waals surface area (Å²) in [5.74, 6) is 0.863. The maximum atomic E-state index is 5.85. The Morgan fingerprint density at radius 3 is 3.06 bits per heavy atom. The van der Waals surface area contributed by atoms with Crippen molar-refractivity contribution in [2.45, 2.75) is 38.8 Å². The van der Waals surface area contributed by atoms with Crippen LogP contribution < -0.4 is 11.1 Å². The lowest BCUT2D eigenvalue weighted by atomic mass is 10.0. The van der Waals surface area contributed by atoms with Crippen molar-refractivity contribution in [3.8, 4) is 0 Å². The second-order valence-corrected chi connectivity index (χ2v) is 4.47. The number of nitrogens with two attached hydrogens (primary N) is 1. The Bertz CT molecular complexity index is 367. The van der Waals surface area contributed by atoms with Crippen LogP contribution in [0.25, 0.3) is 0 Å². The van der Waals surface area contributed by atoms with E-state index in [-0.39, 0.29) is 0 Å². The van der Waals surface area contributed by atoms with Crippen LogP contribution >= 0.6 is 0 Å². The van der Waals surface area contributed by atoms with E-state index in [2.05, 4.69) is 17.2 Å². The quantitative estimate of drug-likeness (QED) is 0.801. The molecule has 1 aliphatic rings. The van der Waals surface area contributed by atoms with E-state index in [4.69, 9.17) is 10.5 Å². The number of pyridine rings is 1. The van der Waals surface area contributed by atoms with Gasteiger partial charge in [-0.3, -0.25) is 0 Å². The molecule has 2 heterocycles. The minimum absolute atomic E-state index is 0.328. The number of aryl methyl sites for hydroxylation is 1. The number of aromatic nitrogens is 1. The van der Waals surface area contributed by atoms with Crippen LogP contribution in [-0.2, 0) is 4.74 Å². The van der Waals surface area contributed by atoms with E-state index in [9.17, 15) is 0 Å². The van der Waals surface area contributed by atoms with Crippen molar-refractivity contribution in [2.24, 2.45) is 0 Å². The lowest BCUT2D eigenvalue weighted by molar-refractivity contribution is 0.0232. The molecule has 2 rings (SSSR count). The zero-order chi connectivity index (χ0) is 11.5. The number of nitrogens with one attached hydrogen (secondary N) is 1. The molecular weight excluding hydrogens is 202 g/mol. The van der Waals surface area contributed by atoms with Crippen LogP contribution in [0.2, 0.25) is 0 Å². The van der Waals surface area contributed by atoms with Crippen molar-refractivity contribution >= 4 is 11.5 Å². The van der Waals surface area contributed by atoms with Crippen LogP contribution in [0.3, 0.4) is 0 Å². The van der Waals surface area contributed by atoms with E-state index in [0.29, 0.717) is 12.1 Å². The van der Waals surface area contributed by atoms with Crippen LogP contribution in [0.1, 0.15) is 25.3 Å². The third kappa shape index (κ3) is 2.64. The van der Waals surface area contributed by atoms with Crippen molar-refractivity contribution in [3.63, 3.8) is 0 Å². The maximum Gasteiger partial charge on any atom is 0.128 e. The Labute approximate surface area is 96.2 Å². The maximum absolute atomic E-state index is 5.85. The average molecular weight is 221 g/mol. The molecule has 0 spiro atoms. The van der Waals surface area contributed by atoms with Gasteiger partial charge >= 0.3 is 0 Å². The molecule has 4 nitrogen and oxygen atoms in total. The molecule has 1 aromatic rings. The average Bonchev–Trinajstić information content (AvgIpc) is 2.24. The Morgan fingerprint density at radius 2 is 2.38 bits per heavy atom. The fourth-order valence-corrected chi connectivity index (χ4v) is 1.96. The lowest BCUT2D eigenvalue weighted by Crippen LogP contribution is -2.32. The van der Waals surface area contributed by atoms with Crippen LogP contribution in [0.5, 0.6) is 0 Å². The third-order valence-corrected chi connectivity index (χ3v) is 2.98. The van der Waals surface area contributed by atoms with E-state index >= 15 is 0 Å². The van der Waals surface area contributed by atoms with E-state index in [1.54, 1.807) is 6.20 Å². The predicted octanol–water partition coefficient (Wildman–Crippen LogP) is 1.95. The van der Waals surface area contributed by atoms with Crippen LogP contribution in [0, 0.1) is 6.92 Å². The third-order valence-electron chi connectivity index (χ3n) is 2.98. The molecule has 0 aliphatic carbocycles. The number of nitrogen functional groups attached to an aromatic ring is 1. The lowest BCUT2D eigenvalue weighted by Gasteiger charge is -2.28. The molecule has 0 aromatic carbocycles. The van der Waals surface area contributed by atoms with Crippen LogP contribution in [0.4, 0.5) is 11.5 Å². The highest BCUT2D eigenvalue weighted by molar-refractivity contribution is 5.53. The van der Waals surface area contributed by atoms with Gasteiger partial charge in [0.2, 0.25) is 0 Å². The first-order valence-electron chi connectivity index (χ1n) is 5.75. The van der Waals surface area contributed by atoms with Gasteiger partial charge in [-0.15, -0.1) is 0 Å². The van der Waals surface area contributed by atoms with Gasteiger partial charge in [-0.2, -0.15) is 0 Å². The number of ether oxygens (including phenoxy) is 1. The molecule has 1 aliphatic heterocycles. The molecule has 3 N–H and O–H groups in total. The summed E-state index contributed by atoms with van der Waals surface area (Å²) in [6.07, 6.45) is 4.18. The smallest absolute Gasteiger partial charge is 0.128 e. The van der Waals surface area contributed by atoms with Gasteiger partial charge in [0.1, 0.15) is 5.82 Å². The molecule has 0 saturated carbocycles. The molecule has 0 amide bonds. The number of hydrogen-bond donors (Lipinski definition) is 2. The van der Waals surface area contributed by atoms with Crippen molar-refractivity contribution in [2.75, 3.05) is 17.7 Å². The predicted molar refractivity (Wildman–Crippen MR) is 65.4 cm³/mol. The number of hydrogen-bond acceptors (Lipinski definition) is 4. The standard InChI is InChI=1S/C12H19N3O/c1-8-7-14-12(6-11(8)13)15-10-3-4-16-9(2)5-10/h6-7,9-10H,3-5H2,1-2H3,(H3,13,14,15). The van der Waals surface area contributed by atoms with Crippen molar-refractivity contribution in [1.29, 1.82) is 0 Å². The molecule has 88 valence electrons. The molecule has 1 aromatic heterocycles. The summed E-state index contributed by atoms with van der Waals surface area (Å²) in [4.78, 5) is 4.33. The number of anilines is 2. The molecule has 16 heavy (non-hydrogen) atoms. The monoisotopic (exact) mass is 221 g/mol. The van der Waals surface area contributed by atoms with E-state index in [0.717, 1.165) is 36.5 Å². The summed E-state index contributed by atoms with van der Waals surface area (Å²) in [5.41, 5.74) is 7.66. The van der Waals surface area contributed by atoms with E-state index in [1.807, 2.05) is 13.0 Å². The SMILES string of the molecule is Cc1cnc(NC2CCOC(C)C2)cc1N. The molecule has 0 radical (unpaired) electrons. The van der Waals surface area contributed by atoms with Crippen molar-refractivity contribution < 1.29 is 4.74 Å². The minimum Gasteiger partial charge on any atom is -0.398 e. The first-order chi connectivity index (χ1) is 7.65. The first-order valence-corrected chi connectivity index (χ1v) is 5.75. The number of rotatable bonds is 2. The molecule has 1 saturated heterocycles. The highest BCUT2D eigenvalue weighted by atomic mass is 16.5. The van der Waals surface area contributed by atoms with Gasteiger partial charge in [-0.05, 0) is 32.3 Å². The molecule has 4 heteroatoms. The minimum atomic E-state index is 0.328. The van der Waals surface area contributed by atoms with Gasteiger partial charge in [0.25, 0.3) is 0 Å². The fourth-order valence-electron chi connectivity index (χ4n) is 1.96. The van der Waals surface area contributed by atoms with Crippen molar-refractivity contribution in [3.05, 3.63) is 17.8 Å². The van der Waals surface area contributed by atoms with Gasteiger partial charge in [-0.1, -0.05) is 0 Å². The topological polar surface area (TPSA) is 60.2 Å². The summed E-state index contributed by atoms with van der Waals surface area (Å²) in [6.45, 7) is 4.88. The van der Waals surface area contributed by atoms with Gasteiger partial charge < -0.3 is 15.8 Å². The Kier molecular flexibility index (Phi) is 3.29.